The molecule has 2 aromatic heterocycles. The first-order valence-corrected chi connectivity index (χ1v) is 7.10. The van der Waals surface area contributed by atoms with Gasteiger partial charge in [-0.1, -0.05) is 12.1 Å². The second-order valence-electron chi connectivity index (χ2n) is 5.26. The summed E-state index contributed by atoms with van der Waals surface area (Å²) in [6, 6.07) is 9.85. The van der Waals surface area contributed by atoms with Gasteiger partial charge in [0, 0.05) is 30.0 Å². The Morgan fingerprint density at radius 1 is 1.33 bits per heavy atom. The molecule has 0 fully saturated rings. The van der Waals surface area contributed by atoms with Crippen molar-refractivity contribution >= 4 is 23.4 Å². The van der Waals surface area contributed by atoms with E-state index in [-0.39, 0.29) is 5.69 Å². The van der Waals surface area contributed by atoms with Crippen LogP contribution in [0.15, 0.2) is 48.7 Å². The molecule has 1 aromatic carbocycles. The van der Waals surface area contributed by atoms with Crippen molar-refractivity contribution in [2.75, 3.05) is 0 Å². The Balaban J connectivity index is 2.26. The van der Waals surface area contributed by atoms with E-state index in [9.17, 15) is 14.9 Å². The Labute approximate surface area is 136 Å². The number of non-ortho nitro benzene ring substituents is 1. The SMILES string of the molecule is Cc1ccn2c(C=CC(=O)O)c(-c3cccc([N+](=O)[O-])c3)nc2c1. The number of hydrogen-bond acceptors (Lipinski definition) is 4. The molecule has 1 N–H and O–H groups in total. The van der Waals surface area contributed by atoms with E-state index in [1.165, 1.54) is 18.2 Å². The highest BCUT2D eigenvalue weighted by Crippen LogP contribution is 2.28. The molecule has 0 radical (unpaired) electrons. The van der Waals surface area contributed by atoms with E-state index in [4.69, 9.17) is 5.11 Å². The molecular formula is C17H13N3O4. The van der Waals surface area contributed by atoms with Gasteiger partial charge in [-0.2, -0.15) is 0 Å². The van der Waals surface area contributed by atoms with Crippen LogP contribution in [0.4, 0.5) is 5.69 Å². The normalized spacial score (nSPS) is 11.2. The van der Waals surface area contributed by atoms with Crippen LogP contribution >= 0.6 is 0 Å². The maximum Gasteiger partial charge on any atom is 0.328 e. The lowest BCUT2D eigenvalue weighted by Gasteiger charge is -2.01. The van der Waals surface area contributed by atoms with Crippen LogP contribution in [0.1, 0.15) is 11.3 Å². The van der Waals surface area contributed by atoms with Crippen LogP contribution in [0, 0.1) is 17.0 Å². The van der Waals surface area contributed by atoms with Gasteiger partial charge in [-0.05, 0) is 30.7 Å². The van der Waals surface area contributed by atoms with E-state index < -0.39 is 10.9 Å². The van der Waals surface area contributed by atoms with E-state index >= 15 is 0 Å². The zero-order valence-corrected chi connectivity index (χ0v) is 12.7. The molecule has 3 aromatic rings. The molecule has 24 heavy (non-hydrogen) atoms. The van der Waals surface area contributed by atoms with Crippen molar-refractivity contribution < 1.29 is 14.8 Å². The quantitative estimate of drug-likeness (QED) is 0.451. The fraction of sp³-hybridized carbons (Fsp3) is 0.0588. The number of carboxylic acid groups (broad SMARTS) is 1. The Bertz CT molecular complexity index is 989. The third-order valence-electron chi connectivity index (χ3n) is 3.53. The molecule has 0 aliphatic heterocycles. The predicted molar refractivity (Wildman–Crippen MR) is 88.7 cm³/mol. The van der Waals surface area contributed by atoms with Crippen molar-refractivity contribution in [3.05, 3.63) is 70.0 Å². The van der Waals surface area contributed by atoms with Crippen molar-refractivity contribution in [1.82, 2.24) is 9.38 Å². The van der Waals surface area contributed by atoms with Crippen LogP contribution in [0.2, 0.25) is 0 Å². The molecule has 7 heteroatoms. The van der Waals surface area contributed by atoms with Crippen LogP contribution in [0.25, 0.3) is 23.0 Å². The van der Waals surface area contributed by atoms with Crippen molar-refractivity contribution in [3.8, 4) is 11.3 Å². The molecule has 0 bridgehead atoms. The zero-order valence-electron chi connectivity index (χ0n) is 12.7. The number of hydrogen-bond donors (Lipinski definition) is 1. The fourth-order valence-corrected chi connectivity index (χ4v) is 2.45. The molecule has 0 aliphatic carbocycles. The number of aryl methyl sites for hydroxylation is 1. The Hall–Kier alpha value is -3.48. The van der Waals surface area contributed by atoms with Crippen molar-refractivity contribution in [2.45, 2.75) is 6.92 Å². The minimum atomic E-state index is -1.08. The van der Waals surface area contributed by atoms with E-state index in [1.54, 1.807) is 22.7 Å². The number of imidazole rings is 1. The highest BCUT2D eigenvalue weighted by molar-refractivity contribution is 5.87. The summed E-state index contributed by atoms with van der Waals surface area (Å²) in [6.07, 6.45) is 4.25. The zero-order chi connectivity index (χ0) is 17.3. The van der Waals surface area contributed by atoms with Gasteiger partial charge in [-0.3, -0.25) is 14.5 Å². The van der Waals surface area contributed by atoms with Gasteiger partial charge in [0.15, 0.2) is 0 Å². The van der Waals surface area contributed by atoms with Gasteiger partial charge < -0.3 is 5.11 Å². The monoisotopic (exact) mass is 323 g/mol. The lowest BCUT2D eigenvalue weighted by Crippen LogP contribution is -1.92. The molecule has 0 amide bonds. The number of carboxylic acids is 1. The first kappa shape index (κ1) is 15.4. The number of rotatable bonds is 4. The van der Waals surface area contributed by atoms with Crippen molar-refractivity contribution in [2.24, 2.45) is 0 Å². The number of pyridine rings is 1. The summed E-state index contributed by atoms with van der Waals surface area (Å²) in [5.74, 6) is -1.08. The van der Waals surface area contributed by atoms with Gasteiger partial charge in [0.1, 0.15) is 5.65 Å². The highest BCUT2D eigenvalue weighted by atomic mass is 16.6. The Morgan fingerprint density at radius 3 is 2.83 bits per heavy atom. The number of aromatic nitrogens is 2. The fourth-order valence-electron chi connectivity index (χ4n) is 2.45. The Morgan fingerprint density at radius 2 is 2.12 bits per heavy atom. The van der Waals surface area contributed by atoms with Crippen LogP contribution < -0.4 is 0 Å². The summed E-state index contributed by atoms with van der Waals surface area (Å²) in [5.41, 5.74) is 3.19. The number of nitro groups is 1. The number of nitrogens with zero attached hydrogens (tertiary/aromatic N) is 3. The lowest BCUT2D eigenvalue weighted by molar-refractivity contribution is -0.384. The van der Waals surface area contributed by atoms with E-state index in [2.05, 4.69) is 4.98 Å². The molecule has 0 unspecified atom stereocenters. The van der Waals surface area contributed by atoms with Gasteiger partial charge in [0.25, 0.3) is 5.69 Å². The second kappa shape index (κ2) is 5.96. The van der Waals surface area contributed by atoms with Crippen molar-refractivity contribution in [3.63, 3.8) is 0 Å². The first-order valence-electron chi connectivity index (χ1n) is 7.10. The number of nitro benzene ring substituents is 1. The molecule has 2 heterocycles. The molecule has 0 saturated carbocycles. The van der Waals surface area contributed by atoms with E-state index in [0.29, 0.717) is 22.6 Å². The van der Waals surface area contributed by atoms with Gasteiger partial charge in [-0.15, -0.1) is 0 Å². The van der Waals surface area contributed by atoms with Crippen LogP contribution in [-0.2, 0) is 4.79 Å². The number of benzene rings is 1. The third-order valence-corrected chi connectivity index (χ3v) is 3.53. The lowest BCUT2D eigenvalue weighted by atomic mass is 10.1. The summed E-state index contributed by atoms with van der Waals surface area (Å²) < 4.78 is 1.75. The maximum atomic E-state index is 11.0. The largest absolute Gasteiger partial charge is 0.478 e. The molecule has 0 spiro atoms. The molecule has 3 rings (SSSR count). The number of carbonyl (C=O) groups is 1. The van der Waals surface area contributed by atoms with Gasteiger partial charge in [0.2, 0.25) is 0 Å². The second-order valence-corrected chi connectivity index (χ2v) is 5.26. The highest BCUT2D eigenvalue weighted by Gasteiger charge is 2.15. The summed E-state index contributed by atoms with van der Waals surface area (Å²) in [6.45, 7) is 1.93. The maximum absolute atomic E-state index is 11.0. The molecular weight excluding hydrogens is 310 g/mol. The van der Waals surface area contributed by atoms with Gasteiger partial charge in [-0.25, -0.2) is 9.78 Å². The molecule has 7 nitrogen and oxygen atoms in total. The Kier molecular flexibility index (Phi) is 3.83. The van der Waals surface area contributed by atoms with Crippen molar-refractivity contribution in [1.29, 1.82) is 0 Å². The molecule has 120 valence electrons. The van der Waals surface area contributed by atoms with Crippen LogP contribution in [0.3, 0.4) is 0 Å². The third kappa shape index (κ3) is 2.87. The minimum absolute atomic E-state index is 0.0473. The topological polar surface area (TPSA) is 97.7 Å². The average Bonchev–Trinajstić information content (AvgIpc) is 2.90. The summed E-state index contributed by atoms with van der Waals surface area (Å²) in [7, 11) is 0. The number of aliphatic carboxylic acids is 1. The van der Waals surface area contributed by atoms with Crippen LogP contribution in [0.5, 0.6) is 0 Å². The van der Waals surface area contributed by atoms with E-state index in [1.807, 2.05) is 19.1 Å². The van der Waals surface area contributed by atoms with E-state index in [0.717, 1.165) is 11.6 Å². The van der Waals surface area contributed by atoms with Gasteiger partial charge in [0.05, 0.1) is 16.3 Å². The summed E-state index contributed by atoms with van der Waals surface area (Å²) in [5, 5.41) is 19.9. The molecule has 0 aliphatic rings. The number of fused-ring (bicyclic) bond motifs is 1. The first-order chi connectivity index (χ1) is 11.5. The minimum Gasteiger partial charge on any atom is -0.478 e. The summed E-state index contributed by atoms with van der Waals surface area (Å²) >= 11 is 0. The molecule has 0 saturated heterocycles. The van der Waals surface area contributed by atoms with Crippen LogP contribution in [-0.4, -0.2) is 25.4 Å². The average molecular weight is 323 g/mol. The smallest absolute Gasteiger partial charge is 0.328 e. The van der Waals surface area contributed by atoms with Gasteiger partial charge >= 0.3 is 5.97 Å². The standard InChI is InChI=1S/C17H13N3O4/c1-11-7-8-19-14(5-6-16(21)22)17(18-15(19)9-11)12-3-2-4-13(10-12)20(23)24/h2-10H,1H3,(H,21,22). The molecule has 0 atom stereocenters. The predicted octanol–water partition coefficient (Wildman–Crippen LogP) is 3.32. The summed E-state index contributed by atoms with van der Waals surface area (Å²) in [4.78, 5) is 25.9.